The van der Waals surface area contributed by atoms with Crippen LogP contribution in [0.2, 0.25) is 0 Å². The van der Waals surface area contributed by atoms with Gasteiger partial charge < -0.3 is 5.32 Å². The molecule has 1 rings (SSSR count). The lowest BCUT2D eigenvalue weighted by molar-refractivity contribution is 0.795. The quantitative estimate of drug-likeness (QED) is 0.368. The van der Waals surface area contributed by atoms with E-state index in [9.17, 15) is 0 Å². The molecule has 0 spiro atoms. The lowest BCUT2D eigenvalue weighted by Gasteiger charge is -1.84. The summed E-state index contributed by atoms with van der Waals surface area (Å²) in [4.78, 5) is 0. The molecule has 2 nitrogen and oxygen atoms in total. The average molecular weight is 108 g/mol. The van der Waals surface area contributed by atoms with Gasteiger partial charge >= 0.3 is 0 Å². The first-order valence-electron chi connectivity index (χ1n) is 2.55. The topological polar surface area (TPSA) is 45.7 Å². The van der Waals surface area contributed by atoms with Crippen molar-refractivity contribution in [3.63, 3.8) is 0 Å². The molecular weight excluding hydrogens is 100 g/mol. The lowest BCUT2D eigenvalue weighted by Crippen LogP contribution is -1.98. The van der Waals surface area contributed by atoms with Crippen LogP contribution in [0.4, 0.5) is 0 Å². The number of hydrogen-bond acceptors (Lipinski definition) is 2. The van der Waals surface area contributed by atoms with E-state index >= 15 is 0 Å². The zero-order valence-corrected chi connectivity index (χ0v) is 5.02. The second-order valence-electron chi connectivity index (χ2n) is 2.44. The van der Waals surface area contributed by atoms with Crippen LogP contribution in [0.15, 0.2) is 11.8 Å². The number of nitriles is 1. The molecule has 2 heteroatoms. The molecule has 42 valence electrons. The third kappa shape index (κ3) is 0.671. The minimum Gasteiger partial charge on any atom is -0.375 e. The predicted molar refractivity (Wildman–Crippen MR) is 30.9 cm³/mol. The molecule has 0 unspecified atom stereocenters. The maximum atomic E-state index is 8.14. The number of nitrogens with one attached hydrogen (secondary N) is 1. The van der Waals surface area contributed by atoms with Crippen molar-refractivity contribution in [3.8, 4) is 6.07 Å². The summed E-state index contributed by atoms with van der Waals surface area (Å²) in [7, 11) is 0. The summed E-state index contributed by atoms with van der Waals surface area (Å²) < 4.78 is 0. The van der Waals surface area contributed by atoms with Gasteiger partial charge in [-0.15, -0.1) is 0 Å². The van der Waals surface area contributed by atoms with Crippen molar-refractivity contribution in [2.75, 3.05) is 0 Å². The molecule has 0 amide bonds. The summed E-state index contributed by atoms with van der Waals surface area (Å²) >= 11 is 0. The van der Waals surface area contributed by atoms with Gasteiger partial charge in [0, 0.05) is 11.8 Å². The van der Waals surface area contributed by atoms with E-state index in [1.54, 1.807) is 6.08 Å². The molecule has 1 aliphatic heterocycles. The molecule has 0 atom stereocenters. The molecule has 1 saturated heterocycles. The molecule has 0 radical (unpaired) electrons. The third-order valence-corrected chi connectivity index (χ3v) is 1.27. The number of allylic oxidation sites excluding steroid dienone is 1. The standard InChI is InChI=1S/C6H8N2/c1-6(2)5(8-6)3-4-7/h3,8H,1-2H3/b5-3-. The zero-order chi connectivity index (χ0) is 6.20. The van der Waals surface area contributed by atoms with Gasteiger partial charge in [0.15, 0.2) is 0 Å². The molecule has 1 fully saturated rings. The van der Waals surface area contributed by atoms with Crippen LogP contribution in [0.3, 0.4) is 0 Å². The van der Waals surface area contributed by atoms with E-state index in [2.05, 4.69) is 5.32 Å². The monoisotopic (exact) mass is 108 g/mol. The Morgan fingerprint density at radius 2 is 2.25 bits per heavy atom. The van der Waals surface area contributed by atoms with Crippen LogP contribution in [0, 0.1) is 11.3 Å². The van der Waals surface area contributed by atoms with Crippen molar-refractivity contribution in [2.45, 2.75) is 19.4 Å². The van der Waals surface area contributed by atoms with E-state index in [1.807, 2.05) is 19.9 Å². The fourth-order valence-electron chi connectivity index (χ4n) is 0.586. The first-order chi connectivity index (χ1) is 3.67. The van der Waals surface area contributed by atoms with Gasteiger partial charge in [0.1, 0.15) is 0 Å². The Labute approximate surface area is 48.8 Å². The molecule has 0 bridgehead atoms. The summed E-state index contributed by atoms with van der Waals surface area (Å²) in [6, 6.07) is 1.96. The summed E-state index contributed by atoms with van der Waals surface area (Å²) in [5.41, 5.74) is 1.15. The van der Waals surface area contributed by atoms with Crippen molar-refractivity contribution >= 4 is 0 Å². The molecule has 0 aromatic heterocycles. The van der Waals surface area contributed by atoms with Crippen LogP contribution in [0.5, 0.6) is 0 Å². The summed E-state index contributed by atoms with van der Waals surface area (Å²) in [6.45, 7) is 4.08. The average Bonchev–Trinajstić information content (AvgIpc) is 2.15. The van der Waals surface area contributed by atoms with Crippen LogP contribution in [-0.2, 0) is 0 Å². The van der Waals surface area contributed by atoms with Gasteiger partial charge in [-0.25, -0.2) is 0 Å². The third-order valence-electron chi connectivity index (χ3n) is 1.27. The zero-order valence-electron chi connectivity index (χ0n) is 5.02. The Hall–Kier alpha value is -0.970. The Bertz CT molecular complexity index is 171. The summed E-state index contributed by atoms with van der Waals surface area (Å²) in [6.07, 6.45) is 1.54. The van der Waals surface area contributed by atoms with Crippen LogP contribution in [0.1, 0.15) is 13.8 Å². The van der Waals surface area contributed by atoms with E-state index in [0.29, 0.717) is 0 Å². The largest absolute Gasteiger partial charge is 0.375 e. The van der Waals surface area contributed by atoms with Crippen molar-refractivity contribution in [3.05, 3.63) is 11.8 Å². The highest BCUT2D eigenvalue weighted by atomic mass is 15.2. The Kier molecular flexibility index (Phi) is 0.811. The SMILES string of the molecule is CC1(C)N/C1=C\C#N. The van der Waals surface area contributed by atoms with Gasteiger partial charge in [0.2, 0.25) is 0 Å². The highest BCUT2D eigenvalue weighted by Gasteiger charge is 2.37. The fourth-order valence-corrected chi connectivity index (χ4v) is 0.586. The maximum Gasteiger partial charge on any atom is 0.0931 e. The molecule has 0 saturated carbocycles. The van der Waals surface area contributed by atoms with Crippen LogP contribution < -0.4 is 5.32 Å². The van der Waals surface area contributed by atoms with Crippen molar-refractivity contribution in [2.24, 2.45) is 0 Å². The van der Waals surface area contributed by atoms with Gasteiger partial charge in [0.25, 0.3) is 0 Å². The fraction of sp³-hybridized carbons (Fsp3) is 0.500. The lowest BCUT2D eigenvalue weighted by atomic mass is 10.2. The van der Waals surface area contributed by atoms with Crippen LogP contribution >= 0.6 is 0 Å². The molecule has 1 N–H and O–H groups in total. The minimum atomic E-state index is 0.107. The first kappa shape index (κ1) is 5.17. The van der Waals surface area contributed by atoms with Gasteiger partial charge in [-0.1, -0.05) is 0 Å². The molecule has 1 aliphatic rings. The first-order valence-corrected chi connectivity index (χ1v) is 2.55. The second kappa shape index (κ2) is 1.25. The maximum absolute atomic E-state index is 8.14. The highest BCUT2D eigenvalue weighted by Crippen LogP contribution is 2.28. The predicted octanol–water partition coefficient (Wildman–Crippen LogP) is 0.776. The summed E-state index contributed by atoms with van der Waals surface area (Å²) in [5.74, 6) is 0. The van der Waals surface area contributed by atoms with Gasteiger partial charge in [-0.2, -0.15) is 5.26 Å². The van der Waals surface area contributed by atoms with Gasteiger partial charge in [0.05, 0.1) is 11.6 Å². The number of rotatable bonds is 0. The van der Waals surface area contributed by atoms with E-state index in [0.717, 1.165) is 5.70 Å². The highest BCUT2D eigenvalue weighted by molar-refractivity contribution is 5.36. The molecule has 0 aliphatic carbocycles. The summed E-state index contributed by atoms with van der Waals surface area (Å²) in [5, 5.41) is 11.2. The normalized spacial score (nSPS) is 26.4. The van der Waals surface area contributed by atoms with Gasteiger partial charge in [-0.3, -0.25) is 0 Å². The molecule has 8 heavy (non-hydrogen) atoms. The van der Waals surface area contributed by atoms with E-state index < -0.39 is 0 Å². The number of nitrogens with zero attached hydrogens (tertiary/aromatic N) is 1. The van der Waals surface area contributed by atoms with E-state index in [-0.39, 0.29) is 5.54 Å². The van der Waals surface area contributed by atoms with Crippen molar-refractivity contribution in [1.29, 1.82) is 5.26 Å². The Morgan fingerprint density at radius 3 is 2.38 bits per heavy atom. The van der Waals surface area contributed by atoms with Crippen LogP contribution in [0.25, 0.3) is 0 Å². The number of hydrogen-bond donors (Lipinski definition) is 1. The molecule has 1 heterocycles. The minimum absolute atomic E-state index is 0.107. The van der Waals surface area contributed by atoms with Crippen LogP contribution in [-0.4, -0.2) is 5.54 Å². The van der Waals surface area contributed by atoms with E-state index in [4.69, 9.17) is 5.26 Å². The van der Waals surface area contributed by atoms with Crippen molar-refractivity contribution in [1.82, 2.24) is 5.32 Å². The smallest absolute Gasteiger partial charge is 0.0931 e. The molecular formula is C6H8N2. The Balaban J connectivity index is 2.63. The van der Waals surface area contributed by atoms with E-state index in [1.165, 1.54) is 0 Å². The Morgan fingerprint density at radius 1 is 1.75 bits per heavy atom. The van der Waals surface area contributed by atoms with Crippen molar-refractivity contribution < 1.29 is 0 Å². The van der Waals surface area contributed by atoms with Gasteiger partial charge in [-0.05, 0) is 13.8 Å². The second-order valence-corrected chi connectivity index (χ2v) is 2.44. The molecule has 0 aromatic rings. The molecule has 0 aromatic carbocycles.